The van der Waals surface area contributed by atoms with E-state index in [0.29, 0.717) is 18.7 Å². The largest absolute Gasteiger partial charge is 0.489 e. The lowest BCUT2D eigenvalue weighted by atomic mass is 10.1. The maximum absolute atomic E-state index is 12.5. The third-order valence-corrected chi connectivity index (χ3v) is 4.28. The Balaban J connectivity index is 1.52. The van der Waals surface area contributed by atoms with Gasteiger partial charge in [0.25, 0.3) is 5.91 Å². The van der Waals surface area contributed by atoms with Gasteiger partial charge in [-0.05, 0) is 41.8 Å². The van der Waals surface area contributed by atoms with Crippen LogP contribution in [-0.4, -0.2) is 24.4 Å². The number of carbonyl (C=O) groups is 1. The quantitative estimate of drug-likeness (QED) is 0.627. The standard InChI is InChI=1S/C23H23NO2/c1-24(17-16-19-8-4-2-5-9-19)23(25)21-12-14-22(15-13-21)26-18-20-10-6-3-7-11-20/h2-15H,16-18H2,1H3. The van der Waals surface area contributed by atoms with Crippen molar-refractivity contribution in [2.75, 3.05) is 13.6 Å². The first-order valence-corrected chi connectivity index (χ1v) is 8.78. The highest BCUT2D eigenvalue weighted by atomic mass is 16.5. The molecule has 0 atom stereocenters. The van der Waals surface area contributed by atoms with E-state index in [2.05, 4.69) is 12.1 Å². The Hall–Kier alpha value is -3.07. The molecule has 0 aliphatic carbocycles. The predicted octanol–water partition coefficient (Wildman–Crippen LogP) is 4.58. The third kappa shape index (κ3) is 4.96. The first kappa shape index (κ1) is 17.7. The Morgan fingerprint density at radius 1 is 0.808 bits per heavy atom. The normalized spacial score (nSPS) is 10.3. The van der Waals surface area contributed by atoms with Gasteiger partial charge in [0.05, 0.1) is 0 Å². The van der Waals surface area contributed by atoms with Gasteiger partial charge in [0.1, 0.15) is 12.4 Å². The van der Waals surface area contributed by atoms with Crippen LogP contribution in [0.1, 0.15) is 21.5 Å². The zero-order valence-electron chi connectivity index (χ0n) is 15.0. The van der Waals surface area contributed by atoms with E-state index in [-0.39, 0.29) is 5.91 Å². The topological polar surface area (TPSA) is 29.5 Å². The zero-order chi connectivity index (χ0) is 18.2. The van der Waals surface area contributed by atoms with E-state index in [0.717, 1.165) is 17.7 Å². The molecule has 0 bridgehead atoms. The molecule has 3 aromatic carbocycles. The lowest BCUT2D eigenvalue weighted by molar-refractivity contribution is 0.0796. The molecule has 26 heavy (non-hydrogen) atoms. The van der Waals surface area contributed by atoms with Crippen molar-refractivity contribution in [3.05, 3.63) is 102 Å². The first-order chi connectivity index (χ1) is 12.7. The van der Waals surface area contributed by atoms with Crippen molar-refractivity contribution < 1.29 is 9.53 Å². The lowest BCUT2D eigenvalue weighted by Crippen LogP contribution is -2.28. The highest BCUT2D eigenvalue weighted by Gasteiger charge is 2.11. The molecule has 3 rings (SSSR count). The van der Waals surface area contributed by atoms with Gasteiger partial charge in [0.2, 0.25) is 0 Å². The fourth-order valence-corrected chi connectivity index (χ4v) is 2.70. The Morgan fingerprint density at radius 3 is 2.00 bits per heavy atom. The smallest absolute Gasteiger partial charge is 0.253 e. The molecular weight excluding hydrogens is 322 g/mol. The molecule has 0 radical (unpaired) electrons. The van der Waals surface area contributed by atoms with Gasteiger partial charge in [-0.3, -0.25) is 4.79 Å². The van der Waals surface area contributed by atoms with Gasteiger partial charge < -0.3 is 9.64 Å². The summed E-state index contributed by atoms with van der Waals surface area (Å²) >= 11 is 0. The van der Waals surface area contributed by atoms with Crippen LogP contribution in [-0.2, 0) is 13.0 Å². The highest BCUT2D eigenvalue weighted by molar-refractivity contribution is 5.94. The second kappa shape index (κ2) is 8.86. The van der Waals surface area contributed by atoms with Crippen LogP contribution in [0.15, 0.2) is 84.9 Å². The van der Waals surface area contributed by atoms with Crippen molar-refractivity contribution in [2.24, 2.45) is 0 Å². The van der Waals surface area contributed by atoms with E-state index >= 15 is 0 Å². The van der Waals surface area contributed by atoms with Gasteiger partial charge in [-0.2, -0.15) is 0 Å². The molecular formula is C23H23NO2. The summed E-state index contributed by atoms with van der Waals surface area (Å²) in [5.74, 6) is 0.785. The average molecular weight is 345 g/mol. The van der Waals surface area contributed by atoms with Gasteiger partial charge in [0, 0.05) is 19.2 Å². The SMILES string of the molecule is CN(CCc1ccccc1)C(=O)c1ccc(OCc2ccccc2)cc1. The minimum atomic E-state index is 0.0236. The minimum absolute atomic E-state index is 0.0236. The maximum Gasteiger partial charge on any atom is 0.253 e. The maximum atomic E-state index is 12.5. The second-order valence-electron chi connectivity index (χ2n) is 6.26. The predicted molar refractivity (Wildman–Crippen MR) is 104 cm³/mol. The van der Waals surface area contributed by atoms with Crippen molar-refractivity contribution in [3.63, 3.8) is 0 Å². The number of nitrogens with zero attached hydrogens (tertiary/aromatic N) is 1. The van der Waals surface area contributed by atoms with Crippen LogP contribution in [0.25, 0.3) is 0 Å². The number of amides is 1. The van der Waals surface area contributed by atoms with Gasteiger partial charge in [-0.15, -0.1) is 0 Å². The number of hydrogen-bond donors (Lipinski definition) is 0. The molecule has 0 unspecified atom stereocenters. The Bertz CT molecular complexity index is 814. The zero-order valence-corrected chi connectivity index (χ0v) is 15.0. The van der Waals surface area contributed by atoms with E-state index in [1.165, 1.54) is 5.56 Å². The molecule has 0 saturated carbocycles. The van der Waals surface area contributed by atoms with Gasteiger partial charge in [-0.1, -0.05) is 60.7 Å². The van der Waals surface area contributed by atoms with Crippen LogP contribution in [0, 0.1) is 0 Å². The van der Waals surface area contributed by atoms with Crippen LogP contribution < -0.4 is 4.74 Å². The molecule has 3 nitrogen and oxygen atoms in total. The van der Waals surface area contributed by atoms with Crippen molar-refractivity contribution in [3.8, 4) is 5.75 Å². The minimum Gasteiger partial charge on any atom is -0.489 e. The van der Waals surface area contributed by atoms with E-state index < -0.39 is 0 Å². The Kier molecular flexibility index (Phi) is 6.05. The van der Waals surface area contributed by atoms with Gasteiger partial charge >= 0.3 is 0 Å². The van der Waals surface area contributed by atoms with Crippen molar-refractivity contribution in [2.45, 2.75) is 13.0 Å². The summed E-state index contributed by atoms with van der Waals surface area (Å²) in [5.41, 5.74) is 3.03. The van der Waals surface area contributed by atoms with Crippen LogP contribution in [0.3, 0.4) is 0 Å². The van der Waals surface area contributed by atoms with Crippen molar-refractivity contribution >= 4 is 5.91 Å². The highest BCUT2D eigenvalue weighted by Crippen LogP contribution is 2.15. The molecule has 0 aliphatic heterocycles. The number of carbonyl (C=O) groups excluding carboxylic acids is 1. The number of benzene rings is 3. The van der Waals surface area contributed by atoms with Gasteiger partial charge in [-0.25, -0.2) is 0 Å². The second-order valence-corrected chi connectivity index (χ2v) is 6.26. The number of likely N-dealkylation sites (N-methyl/N-ethyl adjacent to an activating group) is 1. The molecule has 1 amide bonds. The summed E-state index contributed by atoms with van der Waals surface area (Å²) in [6.45, 7) is 1.21. The summed E-state index contributed by atoms with van der Waals surface area (Å²) in [7, 11) is 1.84. The molecule has 0 N–H and O–H groups in total. The summed E-state index contributed by atoms with van der Waals surface area (Å²) < 4.78 is 5.77. The van der Waals surface area contributed by atoms with Crippen LogP contribution in [0.4, 0.5) is 0 Å². The average Bonchev–Trinajstić information content (AvgIpc) is 2.72. The van der Waals surface area contributed by atoms with Crippen LogP contribution in [0.5, 0.6) is 5.75 Å². The van der Waals surface area contributed by atoms with E-state index in [1.807, 2.05) is 79.8 Å². The molecule has 0 spiro atoms. The lowest BCUT2D eigenvalue weighted by Gasteiger charge is -2.17. The summed E-state index contributed by atoms with van der Waals surface area (Å²) in [6.07, 6.45) is 0.849. The van der Waals surface area contributed by atoms with Crippen molar-refractivity contribution in [1.82, 2.24) is 4.90 Å². The number of hydrogen-bond acceptors (Lipinski definition) is 2. The first-order valence-electron chi connectivity index (χ1n) is 8.78. The molecule has 0 aromatic heterocycles. The van der Waals surface area contributed by atoms with Crippen molar-refractivity contribution in [1.29, 1.82) is 0 Å². The molecule has 0 fully saturated rings. The summed E-state index contributed by atoms with van der Waals surface area (Å²) in [6, 6.07) is 27.6. The molecule has 3 heteroatoms. The molecule has 3 aromatic rings. The summed E-state index contributed by atoms with van der Waals surface area (Å²) in [5, 5.41) is 0. The number of rotatable bonds is 7. The van der Waals surface area contributed by atoms with Crippen LogP contribution >= 0.6 is 0 Å². The third-order valence-electron chi connectivity index (χ3n) is 4.28. The fourth-order valence-electron chi connectivity index (χ4n) is 2.70. The molecule has 0 aliphatic rings. The number of ether oxygens (including phenoxy) is 1. The van der Waals surface area contributed by atoms with E-state index in [1.54, 1.807) is 4.90 Å². The van der Waals surface area contributed by atoms with E-state index in [4.69, 9.17) is 4.74 Å². The van der Waals surface area contributed by atoms with Gasteiger partial charge in [0.15, 0.2) is 0 Å². The van der Waals surface area contributed by atoms with E-state index in [9.17, 15) is 4.79 Å². The molecule has 132 valence electrons. The van der Waals surface area contributed by atoms with Crippen LogP contribution in [0.2, 0.25) is 0 Å². The Morgan fingerprint density at radius 2 is 1.38 bits per heavy atom. The Labute approximate surface area is 154 Å². The fraction of sp³-hybridized carbons (Fsp3) is 0.174. The monoisotopic (exact) mass is 345 g/mol. The summed E-state index contributed by atoms with van der Waals surface area (Å²) in [4.78, 5) is 14.3. The molecule has 0 heterocycles. The molecule has 0 saturated heterocycles.